The second-order valence-corrected chi connectivity index (χ2v) is 5.70. The fourth-order valence-electron chi connectivity index (χ4n) is 2.99. The first-order valence-electron chi connectivity index (χ1n) is 7.22. The number of nitrogens with zero attached hydrogens (tertiary/aromatic N) is 3. The normalized spacial score (nSPS) is 23.0. The van der Waals surface area contributed by atoms with Crippen molar-refractivity contribution in [2.45, 2.75) is 32.0 Å². The molecule has 0 amide bonds. The molecule has 0 saturated carbocycles. The maximum Gasteiger partial charge on any atom is 0.325 e. The van der Waals surface area contributed by atoms with Gasteiger partial charge < -0.3 is 10.8 Å². The second-order valence-electron chi connectivity index (χ2n) is 5.70. The molecule has 0 aliphatic carbocycles. The van der Waals surface area contributed by atoms with E-state index in [1.54, 1.807) is 0 Å². The van der Waals surface area contributed by atoms with Gasteiger partial charge >= 0.3 is 5.97 Å². The lowest BCUT2D eigenvalue weighted by atomic mass is 10.0. The number of likely N-dealkylation sites (tertiary alicyclic amines) is 1. The molecule has 6 heteroatoms. The average molecular weight is 288 g/mol. The molecule has 2 heterocycles. The predicted octanol–water partition coefficient (Wildman–Crippen LogP) is 1.04. The van der Waals surface area contributed by atoms with Crippen LogP contribution in [0.1, 0.15) is 19.0 Å². The minimum atomic E-state index is -1.12. The number of fused-ring (bicyclic) bond motifs is 1. The lowest BCUT2D eigenvalue weighted by Gasteiger charge is -2.19. The van der Waals surface area contributed by atoms with Gasteiger partial charge in [-0.1, -0.05) is 18.2 Å². The number of aliphatic carboxylic acids is 1. The van der Waals surface area contributed by atoms with Gasteiger partial charge in [-0.2, -0.15) is 5.10 Å². The predicted molar refractivity (Wildman–Crippen MR) is 79.9 cm³/mol. The summed E-state index contributed by atoms with van der Waals surface area (Å²) >= 11 is 0. The van der Waals surface area contributed by atoms with E-state index in [-0.39, 0.29) is 0 Å². The Hall–Kier alpha value is -1.92. The Morgan fingerprint density at radius 1 is 1.48 bits per heavy atom. The molecule has 112 valence electrons. The van der Waals surface area contributed by atoms with Crippen LogP contribution in [0.25, 0.3) is 10.9 Å². The standard InChI is InChI=1S/C15H20N4O2/c1-2-19-13-6-4-3-5-11(13)12(17-19)9-18-8-7-15(16,10-18)14(20)21/h3-6H,2,7-10,16H2,1H3,(H,20,21). The highest BCUT2D eigenvalue weighted by Crippen LogP contribution is 2.24. The number of nitrogens with two attached hydrogens (primary N) is 1. The minimum Gasteiger partial charge on any atom is -0.480 e. The molecule has 0 radical (unpaired) electrons. The van der Waals surface area contributed by atoms with Crippen molar-refractivity contribution in [3.05, 3.63) is 30.0 Å². The maximum atomic E-state index is 11.2. The zero-order chi connectivity index (χ0) is 15.0. The number of carbonyl (C=O) groups is 1. The molecule has 1 atom stereocenters. The van der Waals surface area contributed by atoms with Crippen molar-refractivity contribution in [2.24, 2.45) is 5.73 Å². The Balaban J connectivity index is 1.85. The van der Waals surface area contributed by atoms with E-state index in [0.717, 1.165) is 23.1 Å². The molecule has 2 aromatic rings. The fraction of sp³-hybridized carbons (Fsp3) is 0.467. The van der Waals surface area contributed by atoms with Gasteiger partial charge in [-0.3, -0.25) is 14.4 Å². The molecule has 3 rings (SSSR count). The number of hydrogen-bond donors (Lipinski definition) is 2. The topological polar surface area (TPSA) is 84.4 Å². The molecule has 1 saturated heterocycles. The van der Waals surface area contributed by atoms with Gasteiger partial charge in [0, 0.05) is 31.6 Å². The highest BCUT2D eigenvalue weighted by atomic mass is 16.4. The third kappa shape index (κ3) is 2.41. The van der Waals surface area contributed by atoms with Crippen molar-refractivity contribution in [1.29, 1.82) is 0 Å². The number of aromatic nitrogens is 2. The molecule has 1 aliphatic heterocycles. The molecule has 1 aliphatic rings. The fourth-order valence-corrected chi connectivity index (χ4v) is 2.99. The molecular formula is C15H20N4O2. The van der Waals surface area contributed by atoms with Gasteiger partial charge in [0.05, 0.1) is 11.2 Å². The summed E-state index contributed by atoms with van der Waals surface area (Å²) < 4.78 is 1.98. The van der Waals surface area contributed by atoms with Crippen molar-refractivity contribution in [1.82, 2.24) is 14.7 Å². The van der Waals surface area contributed by atoms with E-state index in [1.807, 2.05) is 16.8 Å². The van der Waals surface area contributed by atoms with E-state index in [4.69, 9.17) is 5.73 Å². The van der Waals surface area contributed by atoms with Crippen LogP contribution in [0.15, 0.2) is 24.3 Å². The molecule has 21 heavy (non-hydrogen) atoms. The molecule has 0 bridgehead atoms. The van der Waals surface area contributed by atoms with Gasteiger partial charge in [0.1, 0.15) is 5.54 Å². The van der Waals surface area contributed by atoms with Crippen molar-refractivity contribution < 1.29 is 9.90 Å². The first-order valence-corrected chi connectivity index (χ1v) is 7.22. The summed E-state index contributed by atoms with van der Waals surface area (Å²) in [5.41, 5.74) is 6.91. The highest BCUT2D eigenvalue weighted by molar-refractivity contribution is 5.82. The lowest BCUT2D eigenvalue weighted by molar-refractivity contribution is -0.142. The summed E-state index contributed by atoms with van der Waals surface area (Å²) in [5, 5.41) is 15.0. The zero-order valence-corrected chi connectivity index (χ0v) is 12.1. The van der Waals surface area contributed by atoms with E-state index < -0.39 is 11.5 Å². The van der Waals surface area contributed by atoms with Crippen molar-refractivity contribution in [3.63, 3.8) is 0 Å². The number of carboxylic acids is 1. The van der Waals surface area contributed by atoms with Crippen LogP contribution in [0.3, 0.4) is 0 Å². The Morgan fingerprint density at radius 2 is 2.24 bits per heavy atom. The van der Waals surface area contributed by atoms with Crippen LogP contribution in [0, 0.1) is 0 Å². The summed E-state index contributed by atoms with van der Waals surface area (Å²) in [6, 6.07) is 8.13. The van der Waals surface area contributed by atoms with Crippen LogP contribution in [0.4, 0.5) is 0 Å². The Kier molecular flexibility index (Phi) is 3.43. The van der Waals surface area contributed by atoms with Gasteiger partial charge in [-0.15, -0.1) is 0 Å². The van der Waals surface area contributed by atoms with E-state index in [0.29, 0.717) is 26.1 Å². The summed E-state index contributed by atoms with van der Waals surface area (Å²) in [4.78, 5) is 13.3. The number of hydrogen-bond acceptors (Lipinski definition) is 4. The second kappa shape index (κ2) is 5.13. The molecule has 1 aromatic carbocycles. The van der Waals surface area contributed by atoms with E-state index in [1.165, 1.54) is 0 Å². The monoisotopic (exact) mass is 288 g/mol. The van der Waals surface area contributed by atoms with Crippen LogP contribution in [0.2, 0.25) is 0 Å². The lowest BCUT2D eigenvalue weighted by Crippen LogP contribution is -2.50. The quantitative estimate of drug-likeness (QED) is 0.878. The van der Waals surface area contributed by atoms with Crippen LogP contribution in [-0.4, -0.2) is 44.4 Å². The van der Waals surface area contributed by atoms with Gasteiger partial charge in [-0.05, 0) is 19.4 Å². The highest BCUT2D eigenvalue weighted by Gasteiger charge is 2.41. The van der Waals surface area contributed by atoms with Crippen LogP contribution < -0.4 is 5.73 Å². The molecule has 6 nitrogen and oxygen atoms in total. The Bertz CT molecular complexity index is 681. The molecule has 1 aromatic heterocycles. The molecule has 1 unspecified atom stereocenters. The molecule has 0 spiro atoms. The van der Waals surface area contributed by atoms with Crippen LogP contribution in [-0.2, 0) is 17.9 Å². The summed E-state index contributed by atoms with van der Waals surface area (Å²) in [6.45, 7) is 4.58. The van der Waals surface area contributed by atoms with Gasteiger partial charge in [0.15, 0.2) is 0 Å². The van der Waals surface area contributed by atoms with E-state index in [2.05, 4.69) is 29.1 Å². The Morgan fingerprint density at radius 3 is 2.90 bits per heavy atom. The largest absolute Gasteiger partial charge is 0.480 e. The van der Waals surface area contributed by atoms with Crippen molar-refractivity contribution in [2.75, 3.05) is 13.1 Å². The molecule has 3 N–H and O–H groups in total. The summed E-state index contributed by atoms with van der Waals surface area (Å²) in [5.74, 6) is -0.922. The zero-order valence-electron chi connectivity index (χ0n) is 12.1. The van der Waals surface area contributed by atoms with Crippen molar-refractivity contribution >= 4 is 16.9 Å². The number of para-hydroxylation sites is 1. The first kappa shape index (κ1) is 14.0. The minimum absolute atomic E-state index is 0.371. The molecular weight excluding hydrogens is 268 g/mol. The number of aryl methyl sites for hydroxylation is 1. The SMILES string of the molecule is CCn1nc(CN2CCC(N)(C(=O)O)C2)c2ccccc21. The average Bonchev–Trinajstić information content (AvgIpc) is 3.02. The number of benzene rings is 1. The van der Waals surface area contributed by atoms with E-state index in [9.17, 15) is 9.90 Å². The summed E-state index contributed by atoms with van der Waals surface area (Å²) in [6.07, 6.45) is 0.481. The van der Waals surface area contributed by atoms with Crippen molar-refractivity contribution in [3.8, 4) is 0 Å². The van der Waals surface area contributed by atoms with Crippen LogP contribution in [0.5, 0.6) is 0 Å². The van der Waals surface area contributed by atoms with Gasteiger partial charge in [0.2, 0.25) is 0 Å². The van der Waals surface area contributed by atoms with Crippen LogP contribution >= 0.6 is 0 Å². The first-order chi connectivity index (χ1) is 10.0. The third-order valence-corrected chi connectivity index (χ3v) is 4.21. The maximum absolute atomic E-state index is 11.2. The summed E-state index contributed by atoms with van der Waals surface area (Å²) in [7, 11) is 0. The third-order valence-electron chi connectivity index (χ3n) is 4.21. The Labute approximate surface area is 123 Å². The number of rotatable bonds is 4. The number of carboxylic acid groups (broad SMARTS) is 1. The van der Waals surface area contributed by atoms with Gasteiger partial charge in [0.25, 0.3) is 0 Å². The molecule has 1 fully saturated rings. The smallest absolute Gasteiger partial charge is 0.325 e. The van der Waals surface area contributed by atoms with E-state index >= 15 is 0 Å². The van der Waals surface area contributed by atoms with Gasteiger partial charge in [-0.25, -0.2) is 0 Å².